The molecule has 0 radical (unpaired) electrons. The van der Waals surface area contributed by atoms with E-state index in [2.05, 4.69) is 46.0 Å². The van der Waals surface area contributed by atoms with Crippen LogP contribution < -0.4 is 9.64 Å². The van der Waals surface area contributed by atoms with Gasteiger partial charge in [0.2, 0.25) is 0 Å². The topological polar surface area (TPSA) is 65.9 Å². The number of ether oxygens (including phenoxy) is 1. The third kappa shape index (κ3) is 5.22. The number of piperazine rings is 1. The lowest BCUT2D eigenvalue weighted by atomic mass is 10.1. The van der Waals surface area contributed by atoms with Gasteiger partial charge >= 0.3 is 5.97 Å². The first-order valence-electron chi connectivity index (χ1n) is 10.5. The van der Waals surface area contributed by atoms with E-state index in [0.29, 0.717) is 12.4 Å². The van der Waals surface area contributed by atoms with E-state index in [9.17, 15) is 9.90 Å². The Morgan fingerprint density at radius 2 is 1.81 bits per heavy atom. The fourth-order valence-corrected chi connectivity index (χ4v) is 3.85. The summed E-state index contributed by atoms with van der Waals surface area (Å²) >= 11 is 0. The third-order valence-corrected chi connectivity index (χ3v) is 5.65. The van der Waals surface area contributed by atoms with Crippen molar-refractivity contribution in [2.75, 3.05) is 31.1 Å². The highest BCUT2D eigenvalue weighted by Gasteiger charge is 2.22. The van der Waals surface area contributed by atoms with Crippen LogP contribution in [-0.2, 0) is 13.2 Å². The molecule has 1 fully saturated rings. The van der Waals surface area contributed by atoms with Crippen molar-refractivity contribution in [3.8, 4) is 5.75 Å². The molecule has 0 unspecified atom stereocenters. The molecule has 0 amide bonds. The average molecular weight is 418 g/mol. The van der Waals surface area contributed by atoms with E-state index in [0.717, 1.165) is 44.0 Å². The third-order valence-electron chi connectivity index (χ3n) is 5.65. The Hall–Kier alpha value is -3.38. The number of aromatic carboxylic acids is 1. The van der Waals surface area contributed by atoms with Crippen LogP contribution in [0.25, 0.3) is 0 Å². The van der Waals surface area contributed by atoms with Gasteiger partial charge < -0.3 is 14.7 Å². The van der Waals surface area contributed by atoms with Gasteiger partial charge in [-0.1, -0.05) is 36.4 Å². The number of rotatable bonds is 7. The number of hydrogen-bond donors (Lipinski definition) is 1. The molecule has 1 saturated heterocycles. The highest BCUT2D eigenvalue weighted by Crippen LogP contribution is 2.22. The molecule has 160 valence electrons. The number of hydrogen-bond acceptors (Lipinski definition) is 5. The SMILES string of the molecule is Cc1cc(OCc2ccccc2)ccc1CN1CCN(c2ncccc2C(=O)O)CC1. The van der Waals surface area contributed by atoms with Crippen molar-refractivity contribution in [1.29, 1.82) is 0 Å². The normalized spacial score (nSPS) is 14.4. The molecule has 0 atom stereocenters. The van der Waals surface area contributed by atoms with Crippen molar-refractivity contribution in [2.45, 2.75) is 20.1 Å². The molecule has 0 spiro atoms. The summed E-state index contributed by atoms with van der Waals surface area (Å²) < 4.78 is 5.94. The number of anilines is 1. The molecule has 0 bridgehead atoms. The monoisotopic (exact) mass is 417 g/mol. The molecule has 2 aromatic carbocycles. The molecule has 3 aromatic rings. The van der Waals surface area contributed by atoms with E-state index >= 15 is 0 Å². The van der Waals surface area contributed by atoms with Crippen LogP contribution in [0.2, 0.25) is 0 Å². The second kappa shape index (κ2) is 9.62. The molecule has 1 aliphatic rings. The van der Waals surface area contributed by atoms with Crippen LogP contribution in [0, 0.1) is 6.92 Å². The van der Waals surface area contributed by atoms with Crippen LogP contribution in [0.15, 0.2) is 66.9 Å². The smallest absolute Gasteiger partial charge is 0.339 e. The average Bonchev–Trinajstić information content (AvgIpc) is 2.80. The largest absolute Gasteiger partial charge is 0.489 e. The Balaban J connectivity index is 1.33. The molecule has 0 aliphatic carbocycles. The summed E-state index contributed by atoms with van der Waals surface area (Å²) in [7, 11) is 0. The highest BCUT2D eigenvalue weighted by molar-refractivity contribution is 5.93. The molecule has 4 rings (SSSR count). The summed E-state index contributed by atoms with van der Waals surface area (Å²) in [6.07, 6.45) is 1.65. The predicted octanol–water partition coefficient (Wildman–Crippen LogP) is 3.99. The quantitative estimate of drug-likeness (QED) is 0.627. The lowest BCUT2D eigenvalue weighted by Gasteiger charge is -2.36. The predicted molar refractivity (Wildman–Crippen MR) is 121 cm³/mol. The van der Waals surface area contributed by atoms with E-state index in [4.69, 9.17) is 4.74 Å². The number of pyridine rings is 1. The van der Waals surface area contributed by atoms with Crippen LogP contribution in [0.5, 0.6) is 5.75 Å². The van der Waals surface area contributed by atoms with Crippen molar-refractivity contribution < 1.29 is 14.6 Å². The Morgan fingerprint density at radius 3 is 2.52 bits per heavy atom. The minimum absolute atomic E-state index is 0.262. The summed E-state index contributed by atoms with van der Waals surface area (Å²) in [6.45, 7) is 6.79. The molecule has 6 heteroatoms. The number of carboxylic acids is 1. The van der Waals surface area contributed by atoms with Crippen LogP contribution in [0.3, 0.4) is 0 Å². The van der Waals surface area contributed by atoms with Crippen LogP contribution in [0.1, 0.15) is 27.0 Å². The first-order valence-corrected chi connectivity index (χ1v) is 10.5. The Bertz CT molecular complexity index is 1030. The maximum atomic E-state index is 11.5. The summed E-state index contributed by atoms with van der Waals surface area (Å²) in [5.74, 6) is 0.507. The van der Waals surface area contributed by atoms with Gasteiger partial charge in [-0.3, -0.25) is 4.90 Å². The second-order valence-electron chi connectivity index (χ2n) is 7.81. The van der Waals surface area contributed by atoms with Crippen molar-refractivity contribution in [1.82, 2.24) is 9.88 Å². The second-order valence-corrected chi connectivity index (χ2v) is 7.81. The van der Waals surface area contributed by atoms with Crippen LogP contribution in [0.4, 0.5) is 5.82 Å². The van der Waals surface area contributed by atoms with Gasteiger partial charge in [0.15, 0.2) is 0 Å². The molecule has 31 heavy (non-hydrogen) atoms. The van der Waals surface area contributed by atoms with Gasteiger partial charge in [-0.2, -0.15) is 0 Å². The summed E-state index contributed by atoms with van der Waals surface area (Å²) in [4.78, 5) is 20.2. The van der Waals surface area contributed by atoms with E-state index in [1.807, 2.05) is 24.3 Å². The van der Waals surface area contributed by atoms with E-state index in [1.54, 1.807) is 18.3 Å². The first kappa shape index (κ1) is 20.9. The van der Waals surface area contributed by atoms with Crippen molar-refractivity contribution in [3.05, 3.63) is 89.1 Å². The fourth-order valence-electron chi connectivity index (χ4n) is 3.85. The molecule has 6 nitrogen and oxygen atoms in total. The zero-order valence-electron chi connectivity index (χ0n) is 17.7. The van der Waals surface area contributed by atoms with Gasteiger partial charge in [-0.15, -0.1) is 0 Å². The Morgan fingerprint density at radius 1 is 1.03 bits per heavy atom. The number of carbonyl (C=O) groups is 1. The van der Waals surface area contributed by atoms with Gasteiger partial charge in [-0.05, 0) is 47.9 Å². The number of nitrogens with zero attached hydrogens (tertiary/aromatic N) is 3. The first-order chi connectivity index (χ1) is 15.1. The zero-order valence-corrected chi connectivity index (χ0v) is 17.7. The number of aromatic nitrogens is 1. The van der Waals surface area contributed by atoms with Gasteiger partial charge in [-0.25, -0.2) is 9.78 Å². The molecule has 1 aliphatic heterocycles. The molecule has 1 N–H and O–H groups in total. The Kier molecular flexibility index (Phi) is 6.48. The summed E-state index contributed by atoms with van der Waals surface area (Å²) in [5, 5.41) is 9.41. The van der Waals surface area contributed by atoms with Gasteiger partial charge in [0.25, 0.3) is 0 Å². The fraction of sp³-hybridized carbons (Fsp3) is 0.280. The standard InChI is InChI=1S/C25H27N3O3/c1-19-16-22(31-18-20-6-3-2-4-7-20)10-9-21(19)17-27-12-14-28(15-13-27)24-23(25(29)30)8-5-11-26-24/h2-11,16H,12-15,17-18H2,1H3,(H,29,30). The van der Waals surface area contributed by atoms with E-state index < -0.39 is 5.97 Å². The summed E-state index contributed by atoms with van der Waals surface area (Å²) in [6, 6.07) is 19.7. The Labute approximate surface area is 182 Å². The van der Waals surface area contributed by atoms with Crippen LogP contribution in [-0.4, -0.2) is 47.1 Å². The van der Waals surface area contributed by atoms with Gasteiger partial charge in [0.05, 0.1) is 0 Å². The van der Waals surface area contributed by atoms with E-state index in [1.165, 1.54) is 11.1 Å². The molecule has 1 aromatic heterocycles. The number of aryl methyl sites for hydroxylation is 1. The highest BCUT2D eigenvalue weighted by atomic mass is 16.5. The molecule has 0 saturated carbocycles. The van der Waals surface area contributed by atoms with Gasteiger partial charge in [0.1, 0.15) is 23.7 Å². The molecular weight excluding hydrogens is 390 g/mol. The van der Waals surface area contributed by atoms with Crippen molar-refractivity contribution in [3.63, 3.8) is 0 Å². The van der Waals surface area contributed by atoms with E-state index in [-0.39, 0.29) is 5.56 Å². The zero-order chi connectivity index (χ0) is 21.6. The van der Waals surface area contributed by atoms with Crippen LogP contribution >= 0.6 is 0 Å². The maximum absolute atomic E-state index is 11.5. The minimum atomic E-state index is -0.935. The summed E-state index contributed by atoms with van der Waals surface area (Å²) in [5.41, 5.74) is 3.91. The maximum Gasteiger partial charge on any atom is 0.339 e. The van der Waals surface area contributed by atoms with Crippen molar-refractivity contribution in [2.24, 2.45) is 0 Å². The lowest BCUT2D eigenvalue weighted by Crippen LogP contribution is -2.46. The number of carboxylic acid groups (broad SMARTS) is 1. The van der Waals surface area contributed by atoms with Gasteiger partial charge in [0, 0.05) is 38.9 Å². The van der Waals surface area contributed by atoms with Crippen molar-refractivity contribution >= 4 is 11.8 Å². The molecule has 2 heterocycles. The molecular formula is C25H27N3O3. The minimum Gasteiger partial charge on any atom is -0.489 e. The lowest BCUT2D eigenvalue weighted by molar-refractivity contribution is 0.0697. The number of benzene rings is 2.